The van der Waals surface area contributed by atoms with E-state index in [2.05, 4.69) is 27.8 Å². The van der Waals surface area contributed by atoms with Crippen LogP contribution in [0, 0.1) is 5.82 Å². The Morgan fingerprint density at radius 3 is 2.89 bits per heavy atom. The molecule has 6 heteroatoms. The Morgan fingerprint density at radius 2 is 2.33 bits per heavy atom. The van der Waals surface area contributed by atoms with Crippen LogP contribution in [0.4, 0.5) is 14.9 Å². The van der Waals surface area contributed by atoms with Gasteiger partial charge in [0.2, 0.25) is 0 Å². The van der Waals surface area contributed by atoms with Crippen LogP contribution >= 0.6 is 15.9 Å². The first kappa shape index (κ1) is 14.7. The van der Waals surface area contributed by atoms with Gasteiger partial charge in [-0.1, -0.05) is 6.08 Å². The standard InChI is InChI=1S/C12H14BrFN2O2/c1-2-5-16(6-7-17)12(18)15-11-4-3-9(14)8-10(11)13/h2-4,8,17H,1,5-7H2,(H,15,18). The summed E-state index contributed by atoms with van der Waals surface area (Å²) in [7, 11) is 0. The first-order valence-corrected chi connectivity index (χ1v) is 6.10. The number of anilines is 1. The number of aliphatic hydroxyl groups is 1. The second-order valence-electron chi connectivity index (χ2n) is 3.51. The molecule has 0 fully saturated rings. The number of hydrogen-bond acceptors (Lipinski definition) is 2. The van der Waals surface area contributed by atoms with Gasteiger partial charge >= 0.3 is 6.03 Å². The van der Waals surface area contributed by atoms with Crippen LogP contribution in [0.5, 0.6) is 0 Å². The van der Waals surface area contributed by atoms with Gasteiger partial charge in [-0.15, -0.1) is 6.58 Å². The highest BCUT2D eigenvalue weighted by Crippen LogP contribution is 2.23. The van der Waals surface area contributed by atoms with Gasteiger partial charge in [0, 0.05) is 17.6 Å². The molecule has 0 heterocycles. The molecule has 0 aromatic heterocycles. The number of benzene rings is 1. The van der Waals surface area contributed by atoms with Crippen LogP contribution in [-0.4, -0.2) is 35.7 Å². The number of nitrogens with one attached hydrogen (secondary N) is 1. The third-order valence-electron chi connectivity index (χ3n) is 2.18. The summed E-state index contributed by atoms with van der Waals surface area (Å²) in [6.45, 7) is 3.94. The number of rotatable bonds is 5. The Bertz CT molecular complexity index is 440. The van der Waals surface area contributed by atoms with Gasteiger partial charge in [-0.05, 0) is 34.1 Å². The lowest BCUT2D eigenvalue weighted by atomic mass is 10.3. The lowest BCUT2D eigenvalue weighted by Crippen LogP contribution is -2.37. The molecule has 0 aliphatic heterocycles. The van der Waals surface area contributed by atoms with Crippen LogP contribution in [0.15, 0.2) is 35.3 Å². The third kappa shape index (κ3) is 4.12. The van der Waals surface area contributed by atoms with Gasteiger partial charge in [-0.25, -0.2) is 9.18 Å². The van der Waals surface area contributed by atoms with Gasteiger partial charge in [0.1, 0.15) is 5.82 Å². The summed E-state index contributed by atoms with van der Waals surface area (Å²) in [5.74, 6) is -0.391. The zero-order chi connectivity index (χ0) is 13.5. The molecule has 0 aliphatic carbocycles. The van der Waals surface area contributed by atoms with E-state index in [1.165, 1.54) is 23.1 Å². The highest BCUT2D eigenvalue weighted by molar-refractivity contribution is 9.10. The van der Waals surface area contributed by atoms with E-state index in [9.17, 15) is 9.18 Å². The van der Waals surface area contributed by atoms with Crippen molar-refractivity contribution in [1.29, 1.82) is 0 Å². The fraction of sp³-hybridized carbons (Fsp3) is 0.250. The molecule has 0 saturated carbocycles. The molecule has 0 radical (unpaired) electrons. The lowest BCUT2D eigenvalue weighted by Gasteiger charge is -2.20. The largest absolute Gasteiger partial charge is 0.395 e. The molecule has 0 bridgehead atoms. The van der Waals surface area contributed by atoms with Crippen LogP contribution in [-0.2, 0) is 0 Å². The molecule has 2 amide bonds. The number of urea groups is 1. The SMILES string of the molecule is C=CCN(CCO)C(=O)Nc1ccc(F)cc1Br. The minimum Gasteiger partial charge on any atom is -0.395 e. The maximum Gasteiger partial charge on any atom is 0.322 e. The summed E-state index contributed by atoms with van der Waals surface area (Å²) in [4.78, 5) is 13.3. The maximum absolute atomic E-state index is 12.9. The number of amides is 2. The molecule has 2 N–H and O–H groups in total. The van der Waals surface area contributed by atoms with Gasteiger partial charge in [-0.2, -0.15) is 0 Å². The lowest BCUT2D eigenvalue weighted by molar-refractivity contribution is 0.195. The molecule has 1 aromatic carbocycles. The van der Waals surface area contributed by atoms with Gasteiger partial charge < -0.3 is 15.3 Å². The molecule has 18 heavy (non-hydrogen) atoms. The average molecular weight is 317 g/mol. The van der Waals surface area contributed by atoms with Crippen molar-refractivity contribution in [1.82, 2.24) is 4.90 Å². The molecule has 98 valence electrons. The smallest absolute Gasteiger partial charge is 0.322 e. The van der Waals surface area contributed by atoms with E-state index in [0.29, 0.717) is 16.7 Å². The van der Waals surface area contributed by atoms with Crippen LogP contribution in [0.25, 0.3) is 0 Å². The van der Waals surface area contributed by atoms with Crippen molar-refractivity contribution in [2.24, 2.45) is 0 Å². The summed E-state index contributed by atoms with van der Waals surface area (Å²) in [6, 6.07) is 3.60. The molecule has 0 aliphatic rings. The summed E-state index contributed by atoms with van der Waals surface area (Å²) < 4.78 is 13.3. The second-order valence-corrected chi connectivity index (χ2v) is 4.37. The van der Waals surface area contributed by atoms with Crippen LogP contribution in [0.2, 0.25) is 0 Å². The molecular formula is C12H14BrFN2O2. The monoisotopic (exact) mass is 316 g/mol. The number of carbonyl (C=O) groups is 1. The molecule has 4 nitrogen and oxygen atoms in total. The Balaban J connectivity index is 2.75. The minimum atomic E-state index is -0.391. The van der Waals surface area contributed by atoms with E-state index >= 15 is 0 Å². The van der Waals surface area contributed by atoms with Crippen molar-refractivity contribution in [3.63, 3.8) is 0 Å². The van der Waals surface area contributed by atoms with Crippen LogP contribution < -0.4 is 5.32 Å². The summed E-state index contributed by atoms with van der Waals surface area (Å²) in [5, 5.41) is 11.5. The van der Waals surface area contributed by atoms with Gasteiger partial charge in [0.05, 0.1) is 12.3 Å². The van der Waals surface area contributed by atoms with E-state index in [-0.39, 0.29) is 19.2 Å². The molecule has 1 aromatic rings. The number of hydrogen-bond donors (Lipinski definition) is 2. The Kier molecular flexibility index (Phi) is 5.80. The highest BCUT2D eigenvalue weighted by atomic mass is 79.9. The average Bonchev–Trinajstić information content (AvgIpc) is 2.32. The molecular weight excluding hydrogens is 303 g/mol. The van der Waals surface area contributed by atoms with E-state index in [4.69, 9.17) is 5.11 Å². The predicted octanol–water partition coefficient (Wildman–Crippen LogP) is 2.60. The summed E-state index contributed by atoms with van der Waals surface area (Å²) in [6.07, 6.45) is 1.56. The Labute approximate surface area is 113 Å². The van der Waals surface area contributed by atoms with Crippen molar-refractivity contribution in [3.05, 3.63) is 41.1 Å². The first-order chi connectivity index (χ1) is 8.58. The van der Waals surface area contributed by atoms with Crippen molar-refractivity contribution in [2.75, 3.05) is 25.0 Å². The van der Waals surface area contributed by atoms with E-state index in [0.717, 1.165) is 0 Å². The number of carbonyl (C=O) groups excluding carboxylic acids is 1. The van der Waals surface area contributed by atoms with E-state index in [1.807, 2.05) is 0 Å². The van der Waals surface area contributed by atoms with Crippen LogP contribution in [0.1, 0.15) is 0 Å². The first-order valence-electron chi connectivity index (χ1n) is 5.31. The van der Waals surface area contributed by atoms with Gasteiger partial charge in [-0.3, -0.25) is 0 Å². The number of aliphatic hydroxyl groups excluding tert-OH is 1. The molecule has 1 rings (SSSR count). The molecule has 0 spiro atoms. The molecule has 0 unspecified atom stereocenters. The zero-order valence-electron chi connectivity index (χ0n) is 9.70. The molecule has 0 atom stereocenters. The second kappa shape index (κ2) is 7.13. The normalized spacial score (nSPS) is 9.94. The minimum absolute atomic E-state index is 0.133. The van der Waals surface area contributed by atoms with Gasteiger partial charge in [0.25, 0.3) is 0 Å². The number of nitrogens with zero attached hydrogens (tertiary/aromatic N) is 1. The quantitative estimate of drug-likeness (QED) is 0.820. The van der Waals surface area contributed by atoms with Crippen molar-refractivity contribution >= 4 is 27.6 Å². The zero-order valence-corrected chi connectivity index (χ0v) is 11.3. The van der Waals surface area contributed by atoms with Crippen LogP contribution in [0.3, 0.4) is 0 Å². The predicted molar refractivity (Wildman–Crippen MR) is 72.0 cm³/mol. The molecule has 0 saturated heterocycles. The summed E-state index contributed by atoms with van der Waals surface area (Å²) in [5.41, 5.74) is 0.466. The number of halogens is 2. The van der Waals surface area contributed by atoms with E-state index in [1.54, 1.807) is 6.08 Å². The summed E-state index contributed by atoms with van der Waals surface area (Å²) >= 11 is 3.16. The fourth-order valence-corrected chi connectivity index (χ4v) is 1.79. The fourth-order valence-electron chi connectivity index (χ4n) is 1.34. The maximum atomic E-state index is 12.9. The van der Waals surface area contributed by atoms with Crippen molar-refractivity contribution in [2.45, 2.75) is 0 Å². The Morgan fingerprint density at radius 1 is 1.61 bits per heavy atom. The highest BCUT2D eigenvalue weighted by Gasteiger charge is 2.13. The van der Waals surface area contributed by atoms with Gasteiger partial charge in [0.15, 0.2) is 0 Å². The topological polar surface area (TPSA) is 52.6 Å². The van der Waals surface area contributed by atoms with Crippen molar-refractivity contribution < 1.29 is 14.3 Å². The van der Waals surface area contributed by atoms with E-state index < -0.39 is 5.82 Å². The Hall–Kier alpha value is -1.40. The van der Waals surface area contributed by atoms with Crippen molar-refractivity contribution in [3.8, 4) is 0 Å². The third-order valence-corrected chi connectivity index (χ3v) is 2.84.